The van der Waals surface area contributed by atoms with Crippen molar-refractivity contribution in [2.75, 3.05) is 0 Å². The Morgan fingerprint density at radius 3 is 2.29 bits per heavy atom. The zero-order chi connectivity index (χ0) is 18.0. The Labute approximate surface area is 146 Å². The minimum Gasteiger partial charge on any atom is -0.479 e. The van der Waals surface area contributed by atoms with E-state index in [1.54, 1.807) is 0 Å². The molecule has 140 valence electrons. The van der Waals surface area contributed by atoms with E-state index in [1.165, 1.54) is 32.1 Å². The van der Waals surface area contributed by atoms with Crippen LogP contribution in [-0.4, -0.2) is 39.2 Å². The molecular formula is C19H35NO4. The Hall–Kier alpha value is -0.650. The molecule has 0 bridgehead atoms. The molecule has 2 rings (SSSR count). The number of hydrogen-bond donors (Lipinski definition) is 3. The lowest BCUT2D eigenvalue weighted by atomic mass is 9.75. The fraction of sp³-hybridized carbons (Fsp3) is 0.947. The van der Waals surface area contributed by atoms with Crippen molar-refractivity contribution in [1.29, 1.82) is 0 Å². The number of carbonyl (C=O) groups is 1. The maximum Gasteiger partial charge on any atom is 0.337 e. The molecule has 1 saturated carbocycles. The summed E-state index contributed by atoms with van der Waals surface area (Å²) in [6.07, 6.45) is 8.07. The van der Waals surface area contributed by atoms with Gasteiger partial charge in [0.05, 0.1) is 5.60 Å². The summed E-state index contributed by atoms with van der Waals surface area (Å²) in [4.78, 5) is 12.3. The third kappa shape index (κ3) is 4.12. The average Bonchev–Trinajstić information content (AvgIpc) is 2.79. The third-order valence-electron chi connectivity index (χ3n) is 6.09. The summed E-state index contributed by atoms with van der Waals surface area (Å²) in [7, 11) is 0. The van der Waals surface area contributed by atoms with Gasteiger partial charge in [0.15, 0.2) is 5.60 Å². The second-order valence-electron chi connectivity index (χ2n) is 8.35. The summed E-state index contributed by atoms with van der Waals surface area (Å²) in [5, 5.41) is 24.3. The molecule has 0 radical (unpaired) electrons. The normalized spacial score (nSPS) is 31.3. The number of aliphatic hydroxyl groups is 1. The maximum atomic E-state index is 12.3. The van der Waals surface area contributed by atoms with E-state index in [1.807, 2.05) is 27.7 Å². The first-order chi connectivity index (χ1) is 11.2. The first-order valence-corrected chi connectivity index (χ1v) is 9.60. The van der Waals surface area contributed by atoms with Crippen LogP contribution in [-0.2, 0) is 9.53 Å². The van der Waals surface area contributed by atoms with E-state index in [0.717, 1.165) is 6.42 Å². The number of hydrogen-bond acceptors (Lipinski definition) is 4. The van der Waals surface area contributed by atoms with Gasteiger partial charge < -0.3 is 14.9 Å². The standard InChI is InChI=1S/C19H35NO4/c1-5-18(23,6-2)13-19(16(21)22)15(20-17(3,4)24-19)12-14-10-8-7-9-11-14/h14-15,20,23H,5-13H2,1-4H3,(H,21,22)/t15-,19-/m0/s1. The van der Waals surface area contributed by atoms with Crippen molar-refractivity contribution in [2.24, 2.45) is 5.92 Å². The number of ether oxygens (including phenoxy) is 1. The van der Waals surface area contributed by atoms with Gasteiger partial charge in [-0.3, -0.25) is 5.32 Å². The molecule has 2 atom stereocenters. The van der Waals surface area contributed by atoms with Gasteiger partial charge in [-0.05, 0) is 39.0 Å². The number of carboxylic acid groups (broad SMARTS) is 1. The lowest BCUT2D eigenvalue weighted by Crippen LogP contribution is -2.55. The van der Waals surface area contributed by atoms with E-state index in [2.05, 4.69) is 5.32 Å². The highest BCUT2D eigenvalue weighted by atomic mass is 16.6. The minimum atomic E-state index is -1.36. The van der Waals surface area contributed by atoms with Crippen LogP contribution in [0.25, 0.3) is 0 Å². The van der Waals surface area contributed by atoms with Gasteiger partial charge in [-0.25, -0.2) is 4.79 Å². The van der Waals surface area contributed by atoms with E-state index in [9.17, 15) is 15.0 Å². The van der Waals surface area contributed by atoms with Crippen molar-refractivity contribution in [3.8, 4) is 0 Å². The van der Waals surface area contributed by atoms with Crippen LogP contribution in [0, 0.1) is 5.92 Å². The Kier molecular flexibility index (Phi) is 5.99. The fourth-order valence-electron chi connectivity index (χ4n) is 4.51. The van der Waals surface area contributed by atoms with E-state index in [4.69, 9.17) is 4.74 Å². The van der Waals surface area contributed by atoms with Gasteiger partial charge in [0.1, 0.15) is 5.72 Å². The number of nitrogens with one attached hydrogen (secondary N) is 1. The first-order valence-electron chi connectivity index (χ1n) is 9.60. The molecule has 0 aromatic rings. The number of aliphatic carboxylic acids is 1. The van der Waals surface area contributed by atoms with Crippen molar-refractivity contribution in [2.45, 2.75) is 108 Å². The molecule has 5 heteroatoms. The predicted octanol–water partition coefficient (Wildman–Crippen LogP) is 3.45. The summed E-state index contributed by atoms with van der Waals surface area (Å²) >= 11 is 0. The third-order valence-corrected chi connectivity index (χ3v) is 6.09. The molecule has 0 aromatic heterocycles. The quantitative estimate of drug-likeness (QED) is 0.661. The first kappa shape index (κ1) is 19.7. The molecule has 0 spiro atoms. The molecule has 3 N–H and O–H groups in total. The van der Waals surface area contributed by atoms with Crippen LogP contribution in [0.3, 0.4) is 0 Å². The minimum absolute atomic E-state index is 0.135. The second-order valence-corrected chi connectivity index (χ2v) is 8.35. The van der Waals surface area contributed by atoms with Crippen LogP contribution < -0.4 is 5.32 Å². The van der Waals surface area contributed by atoms with Crippen molar-refractivity contribution >= 4 is 5.97 Å². The Balaban J connectivity index is 2.27. The van der Waals surface area contributed by atoms with Crippen molar-refractivity contribution in [1.82, 2.24) is 5.32 Å². The number of carboxylic acids is 1. The van der Waals surface area contributed by atoms with E-state index < -0.39 is 22.9 Å². The monoisotopic (exact) mass is 341 g/mol. The number of rotatable bonds is 7. The Morgan fingerprint density at radius 2 is 1.79 bits per heavy atom. The van der Waals surface area contributed by atoms with Gasteiger partial charge in [-0.15, -0.1) is 0 Å². The highest BCUT2D eigenvalue weighted by Gasteiger charge is 2.59. The van der Waals surface area contributed by atoms with Gasteiger partial charge in [0.25, 0.3) is 0 Å². The predicted molar refractivity (Wildman–Crippen MR) is 93.8 cm³/mol. The van der Waals surface area contributed by atoms with Gasteiger partial charge in [0, 0.05) is 12.5 Å². The summed E-state index contributed by atoms with van der Waals surface area (Å²) in [6, 6.07) is -0.266. The van der Waals surface area contributed by atoms with Crippen molar-refractivity contribution < 1.29 is 19.7 Å². The summed E-state index contributed by atoms with van der Waals surface area (Å²) in [5.41, 5.74) is -3.06. The van der Waals surface area contributed by atoms with Gasteiger partial charge >= 0.3 is 5.97 Å². The lowest BCUT2D eigenvalue weighted by Gasteiger charge is -2.38. The van der Waals surface area contributed by atoms with Crippen LogP contribution in [0.15, 0.2) is 0 Å². The highest BCUT2D eigenvalue weighted by molar-refractivity contribution is 5.79. The molecule has 5 nitrogen and oxygen atoms in total. The van der Waals surface area contributed by atoms with Gasteiger partial charge in [-0.2, -0.15) is 0 Å². The Morgan fingerprint density at radius 1 is 1.21 bits per heavy atom. The van der Waals surface area contributed by atoms with Gasteiger partial charge in [0.2, 0.25) is 0 Å². The molecule has 0 aromatic carbocycles. The van der Waals surface area contributed by atoms with Crippen LogP contribution in [0.2, 0.25) is 0 Å². The zero-order valence-corrected chi connectivity index (χ0v) is 15.7. The fourth-order valence-corrected chi connectivity index (χ4v) is 4.51. The molecule has 0 unspecified atom stereocenters. The average molecular weight is 341 g/mol. The molecule has 1 aliphatic carbocycles. The molecule has 1 heterocycles. The van der Waals surface area contributed by atoms with E-state index in [-0.39, 0.29) is 12.5 Å². The second kappa shape index (κ2) is 7.30. The zero-order valence-electron chi connectivity index (χ0n) is 15.7. The Bertz CT molecular complexity index is 441. The smallest absolute Gasteiger partial charge is 0.337 e. The molecule has 0 amide bonds. The highest BCUT2D eigenvalue weighted by Crippen LogP contribution is 2.43. The lowest BCUT2D eigenvalue weighted by molar-refractivity contribution is -0.184. The topological polar surface area (TPSA) is 78.8 Å². The maximum absolute atomic E-state index is 12.3. The van der Waals surface area contributed by atoms with E-state index >= 15 is 0 Å². The van der Waals surface area contributed by atoms with Crippen molar-refractivity contribution in [3.05, 3.63) is 0 Å². The summed E-state index contributed by atoms with van der Waals surface area (Å²) in [5.74, 6) is -0.412. The molecule has 1 aliphatic heterocycles. The van der Waals surface area contributed by atoms with Gasteiger partial charge in [-0.1, -0.05) is 46.0 Å². The van der Waals surface area contributed by atoms with E-state index in [0.29, 0.717) is 18.8 Å². The van der Waals surface area contributed by atoms with Crippen LogP contribution >= 0.6 is 0 Å². The summed E-state index contributed by atoms with van der Waals surface area (Å²) in [6.45, 7) is 7.57. The van der Waals surface area contributed by atoms with Crippen molar-refractivity contribution in [3.63, 3.8) is 0 Å². The molecule has 2 fully saturated rings. The molecule has 2 aliphatic rings. The molecule has 1 saturated heterocycles. The molecule has 24 heavy (non-hydrogen) atoms. The summed E-state index contributed by atoms with van der Waals surface area (Å²) < 4.78 is 6.08. The van der Waals surface area contributed by atoms with Crippen LogP contribution in [0.5, 0.6) is 0 Å². The SMILES string of the molecule is CCC(O)(CC)C[C@]1(C(=O)O)OC(C)(C)N[C@H]1CC1CCCCC1. The molecular weight excluding hydrogens is 306 g/mol. The van der Waals surface area contributed by atoms with Crippen LogP contribution in [0.1, 0.15) is 85.5 Å². The largest absolute Gasteiger partial charge is 0.479 e. The van der Waals surface area contributed by atoms with Crippen LogP contribution in [0.4, 0.5) is 0 Å².